The molecule has 0 unspecified atom stereocenters. The number of ether oxygens (including phenoxy) is 2. The van der Waals surface area contributed by atoms with E-state index in [2.05, 4.69) is 27.2 Å². The number of anilines is 3. The normalized spacial score (nSPS) is 16.8. The number of carbonyl (C=O) groups is 1. The van der Waals surface area contributed by atoms with E-state index in [4.69, 9.17) is 9.47 Å². The summed E-state index contributed by atoms with van der Waals surface area (Å²) in [5.74, 6) is -0.113. The molecule has 2 aromatic carbocycles. The zero-order chi connectivity index (χ0) is 21.8. The van der Waals surface area contributed by atoms with Gasteiger partial charge < -0.3 is 29.2 Å². The second-order valence-corrected chi connectivity index (χ2v) is 7.99. The summed E-state index contributed by atoms with van der Waals surface area (Å²) in [6, 6.07) is 17.9. The van der Waals surface area contributed by atoms with E-state index in [0.29, 0.717) is 18.8 Å². The van der Waals surface area contributed by atoms with Crippen molar-refractivity contribution in [1.29, 1.82) is 0 Å². The van der Waals surface area contributed by atoms with Crippen LogP contribution in [0.15, 0.2) is 67.0 Å². The molecule has 1 amide bonds. The van der Waals surface area contributed by atoms with Gasteiger partial charge in [0.2, 0.25) is 0 Å². The van der Waals surface area contributed by atoms with Gasteiger partial charge in [-0.05, 0) is 54.6 Å². The molecule has 5 rings (SSSR count). The Morgan fingerprint density at radius 1 is 0.750 bits per heavy atom. The first-order chi connectivity index (χ1) is 15.8. The predicted octanol–water partition coefficient (Wildman–Crippen LogP) is 3.40. The van der Waals surface area contributed by atoms with Gasteiger partial charge in [0, 0.05) is 55.5 Å². The van der Waals surface area contributed by atoms with Crippen LogP contribution in [0, 0.1) is 0 Å². The molecule has 7 nitrogen and oxygen atoms in total. The topological polar surface area (TPSA) is 59.0 Å². The van der Waals surface area contributed by atoms with Crippen LogP contribution >= 0.6 is 0 Å². The third kappa shape index (κ3) is 4.49. The number of hydrogen-bond acceptors (Lipinski definition) is 5. The van der Waals surface area contributed by atoms with Crippen molar-refractivity contribution < 1.29 is 14.3 Å². The van der Waals surface area contributed by atoms with Crippen LogP contribution in [0.5, 0.6) is 0 Å². The Hall–Kier alpha value is -3.29. The van der Waals surface area contributed by atoms with E-state index >= 15 is 0 Å². The Morgan fingerprint density at radius 2 is 1.34 bits per heavy atom. The molecule has 2 fully saturated rings. The van der Waals surface area contributed by atoms with Gasteiger partial charge in [-0.15, -0.1) is 0 Å². The van der Waals surface area contributed by atoms with Crippen LogP contribution in [-0.2, 0) is 9.47 Å². The molecule has 7 heteroatoms. The van der Waals surface area contributed by atoms with Gasteiger partial charge in [0.05, 0.1) is 37.8 Å². The molecule has 3 heterocycles. The molecule has 32 heavy (non-hydrogen) atoms. The minimum absolute atomic E-state index is 0.113. The van der Waals surface area contributed by atoms with Crippen molar-refractivity contribution in [2.24, 2.45) is 0 Å². The Morgan fingerprint density at radius 3 is 2.00 bits per heavy atom. The maximum atomic E-state index is 13.0. The van der Waals surface area contributed by atoms with E-state index in [1.165, 1.54) is 0 Å². The van der Waals surface area contributed by atoms with E-state index < -0.39 is 0 Å². The number of benzene rings is 2. The van der Waals surface area contributed by atoms with Crippen LogP contribution in [-0.4, -0.2) is 63.1 Å². The summed E-state index contributed by atoms with van der Waals surface area (Å²) in [4.78, 5) is 17.7. The largest absolute Gasteiger partial charge is 0.378 e. The molecule has 0 saturated carbocycles. The minimum Gasteiger partial charge on any atom is -0.378 e. The zero-order valence-corrected chi connectivity index (χ0v) is 18.1. The number of aromatic nitrogens is 1. The van der Waals surface area contributed by atoms with Crippen LogP contribution in [0.3, 0.4) is 0 Å². The monoisotopic (exact) mass is 432 g/mol. The van der Waals surface area contributed by atoms with Gasteiger partial charge in [-0.3, -0.25) is 4.79 Å². The molecular formula is C25H28N4O3. The van der Waals surface area contributed by atoms with Gasteiger partial charge in [0.25, 0.3) is 5.91 Å². The summed E-state index contributed by atoms with van der Waals surface area (Å²) in [6.07, 6.45) is 3.97. The lowest BCUT2D eigenvalue weighted by Gasteiger charge is -2.33. The zero-order valence-electron chi connectivity index (χ0n) is 18.1. The third-order valence-corrected chi connectivity index (χ3v) is 5.99. The van der Waals surface area contributed by atoms with Gasteiger partial charge in [0.1, 0.15) is 0 Å². The molecule has 166 valence electrons. The van der Waals surface area contributed by atoms with Crippen LogP contribution in [0.1, 0.15) is 10.4 Å². The number of amides is 1. The molecule has 2 aliphatic heterocycles. The second kappa shape index (κ2) is 9.46. The van der Waals surface area contributed by atoms with Crippen molar-refractivity contribution in [3.63, 3.8) is 0 Å². The first-order valence-electron chi connectivity index (χ1n) is 11.1. The Balaban J connectivity index is 1.38. The number of hydrogen-bond donors (Lipinski definition) is 1. The van der Waals surface area contributed by atoms with Crippen LogP contribution < -0.4 is 15.1 Å². The minimum atomic E-state index is -0.113. The Kier molecular flexibility index (Phi) is 6.09. The maximum absolute atomic E-state index is 13.0. The molecule has 0 aliphatic carbocycles. The molecule has 2 aliphatic rings. The van der Waals surface area contributed by atoms with Crippen molar-refractivity contribution in [3.05, 3.63) is 72.6 Å². The van der Waals surface area contributed by atoms with E-state index in [1.807, 2.05) is 59.4 Å². The average molecular weight is 433 g/mol. The summed E-state index contributed by atoms with van der Waals surface area (Å²) in [7, 11) is 0. The van der Waals surface area contributed by atoms with Crippen molar-refractivity contribution in [2.45, 2.75) is 0 Å². The molecule has 0 atom stereocenters. The van der Waals surface area contributed by atoms with Crippen molar-refractivity contribution in [3.8, 4) is 5.69 Å². The lowest BCUT2D eigenvalue weighted by Crippen LogP contribution is -2.38. The van der Waals surface area contributed by atoms with Gasteiger partial charge in [0.15, 0.2) is 0 Å². The number of carbonyl (C=O) groups excluding carboxylic acids is 1. The fourth-order valence-corrected chi connectivity index (χ4v) is 4.20. The lowest BCUT2D eigenvalue weighted by atomic mass is 10.1. The fraction of sp³-hybridized carbons (Fsp3) is 0.320. The highest BCUT2D eigenvalue weighted by Gasteiger charge is 2.20. The van der Waals surface area contributed by atoms with Crippen LogP contribution in [0.25, 0.3) is 5.69 Å². The number of morpholine rings is 2. The Bertz CT molecular complexity index is 1040. The standard InChI is InChI=1S/C25H28N4O3/c30-25(20-3-5-21(6-4-20)27-9-1-2-10-27)26-23-8-7-22(28-11-15-31-16-12-28)19-24(23)29-13-17-32-18-14-29/h1-10,19H,11-18H2,(H,26,30). The SMILES string of the molecule is O=C(Nc1ccc(N2CCOCC2)cc1N1CCOCC1)c1ccc(-n2cccc2)cc1. The van der Waals surface area contributed by atoms with Gasteiger partial charge in [-0.2, -0.15) is 0 Å². The number of rotatable bonds is 5. The number of nitrogens with zero attached hydrogens (tertiary/aromatic N) is 3. The Labute approximate surface area is 188 Å². The highest BCUT2D eigenvalue weighted by molar-refractivity contribution is 6.06. The molecule has 2 saturated heterocycles. The lowest BCUT2D eigenvalue weighted by molar-refractivity contribution is 0.102. The van der Waals surface area contributed by atoms with Gasteiger partial charge in [-0.25, -0.2) is 0 Å². The summed E-state index contributed by atoms with van der Waals surface area (Å²) in [5.41, 5.74) is 4.67. The third-order valence-electron chi connectivity index (χ3n) is 5.99. The quantitative estimate of drug-likeness (QED) is 0.670. The number of nitrogens with one attached hydrogen (secondary N) is 1. The average Bonchev–Trinajstić information content (AvgIpc) is 3.41. The van der Waals surface area contributed by atoms with Gasteiger partial charge >= 0.3 is 0 Å². The second-order valence-electron chi connectivity index (χ2n) is 7.99. The molecule has 1 N–H and O–H groups in total. The molecule has 0 radical (unpaired) electrons. The van der Waals surface area contributed by atoms with Crippen molar-refractivity contribution >= 4 is 23.0 Å². The first kappa shape index (κ1) is 20.6. The predicted molar refractivity (Wildman–Crippen MR) is 126 cm³/mol. The van der Waals surface area contributed by atoms with Crippen LogP contribution in [0.4, 0.5) is 17.1 Å². The van der Waals surface area contributed by atoms with E-state index in [-0.39, 0.29) is 5.91 Å². The van der Waals surface area contributed by atoms with Crippen LogP contribution in [0.2, 0.25) is 0 Å². The summed E-state index contributed by atoms with van der Waals surface area (Å²) < 4.78 is 13.1. The van der Waals surface area contributed by atoms with Crippen molar-refractivity contribution in [1.82, 2.24) is 4.57 Å². The summed E-state index contributed by atoms with van der Waals surface area (Å²) in [6.45, 7) is 6.23. The molecular weight excluding hydrogens is 404 g/mol. The molecule has 0 bridgehead atoms. The first-order valence-corrected chi connectivity index (χ1v) is 11.1. The maximum Gasteiger partial charge on any atom is 0.255 e. The fourth-order valence-electron chi connectivity index (χ4n) is 4.20. The highest BCUT2D eigenvalue weighted by Crippen LogP contribution is 2.32. The van der Waals surface area contributed by atoms with Crippen molar-refractivity contribution in [2.75, 3.05) is 67.7 Å². The van der Waals surface area contributed by atoms with E-state index in [0.717, 1.165) is 62.1 Å². The van der Waals surface area contributed by atoms with E-state index in [9.17, 15) is 4.79 Å². The van der Waals surface area contributed by atoms with Gasteiger partial charge in [-0.1, -0.05) is 0 Å². The van der Waals surface area contributed by atoms with E-state index in [1.54, 1.807) is 0 Å². The molecule has 0 spiro atoms. The smallest absolute Gasteiger partial charge is 0.255 e. The summed E-state index contributed by atoms with van der Waals surface area (Å²) in [5, 5.41) is 3.14. The summed E-state index contributed by atoms with van der Waals surface area (Å²) >= 11 is 0. The molecule has 1 aromatic heterocycles. The highest BCUT2D eigenvalue weighted by atomic mass is 16.5. The molecule has 3 aromatic rings.